The second kappa shape index (κ2) is 10.8. The van der Waals surface area contributed by atoms with Gasteiger partial charge in [-0.05, 0) is 36.2 Å². The van der Waals surface area contributed by atoms with Crippen molar-refractivity contribution in [2.24, 2.45) is 0 Å². The van der Waals surface area contributed by atoms with Gasteiger partial charge in [0.25, 0.3) is 0 Å². The van der Waals surface area contributed by atoms with Gasteiger partial charge in [-0.2, -0.15) is 0 Å². The Morgan fingerprint density at radius 3 is 2.24 bits per heavy atom. The summed E-state index contributed by atoms with van der Waals surface area (Å²) in [4.78, 5) is 31.0. The van der Waals surface area contributed by atoms with E-state index in [1.54, 1.807) is 17.5 Å². The van der Waals surface area contributed by atoms with Crippen molar-refractivity contribution in [2.45, 2.75) is 26.9 Å². The van der Waals surface area contributed by atoms with Crippen molar-refractivity contribution in [3.8, 4) is 17.2 Å². The normalized spacial score (nSPS) is 10.5. The summed E-state index contributed by atoms with van der Waals surface area (Å²) in [6.07, 6.45) is 0.915. The van der Waals surface area contributed by atoms with Crippen LogP contribution in [0.25, 0.3) is 0 Å². The van der Waals surface area contributed by atoms with Crippen molar-refractivity contribution >= 4 is 34.0 Å². The van der Waals surface area contributed by atoms with Crippen molar-refractivity contribution in [1.82, 2.24) is 4.98 Å². The number of anilines is 2. The largest absolute Gasteiger partial charge is 0.493 e. The molecular weight excluding hydrogens is 444 g/mol. The van der Waals surface area contributed by atoms with Crippen LogP contribution in [0.3, 0.4) is 0 Å². The Bertz CT molecular complexity index is 1130. The highest BCUT2D eigenvalue weighted by atomic mass is 32.1. The number of carbonyl (C=O) groups excluding carboxylic acids is 2. The summed E-state index contributed by atoms with van der Waals surface area (Å²) < 4.78 is 21.3. The van der Waals surface area contributed by atoms with E-state index in [4.69, 9.17) is 18.9 Å². The minimum atomic E-state index is -0.596. The van der Waals surface area contributed by atoms with E-state index >= 15 is 0 Å². The number of ether oxygens (including phenoxy) is 4. The van der Waals surface area contributed by atoms with E-state index in [2.05, 4.69) is 11.9 Å². The molecule has 3 aromatic rings. The lowest BCUT2D eigenvalue weighted by atomic mass is 10.1. The van der Waals surface area contributed by atoms with Crippen LogP contribution >= 0.6 is 11.3 Å². The zero-order chi connectivity index (χ0) is 24.0. The molecule has 1 amide bonds. The number of thiazole rings is 1. The molecule has 0 bridgehead atoms. The van der Waals surface area contributed by atoms with Crippen molar-refractivity contribution in [3.63, 3.8) is 0 Å². The van der Waals surface area contributed by atoms with Crippen LogP contribution in [0, 0.1) is 0 Å². The first-order chi connectivity index (χ1) is 15.9. The van der Waals surface area contributed by atoms with Gasteiger partial charge in [-0.15, -0.1) is 11.3 Å². The van der Waals surface area contributed by atoms with E-state index in [9.17, 15) is 9.59 Å². The molecule has 0 saturated carbocycles. The minimum Gasteiger partial charge on any atom is -0.493 e. The van der Waals surface area contributed by atoms with E-state index in [0.29, 0.717) is 22.3 Å². The van der Waals surface area contributed by atoms with Gasteiger partial charge >= 0.3 is 5.97 Å². The molecule has 174 valence electrons. The Morgan fingerprint density at radius 2 is 1.67 bits per heavy atom. The molecule has 0 aliphatic heterocycles. The number of methoxy groups -OCH3 is 3. The number of hydrogen-bond acceptors (Lipinski definition) is 8. The molecule has 0 unspecified atom stereocenters. The van der Waals surface area contributed by atoms with Gasteiger partial charge in [0, 0.05) is 12.3 Å². The number of esters is 1. The fraction of sp³-hybridized carbons (Fsp3) is 0.292. The molecule has 8 nitrogen and oxygen atoms in total. The zero-order valence-electron chi connectivity index (χ0n) is 19.2. The standard InChI is InChI=1S/C24H26N2O6S/c1-6-16-7-9-18(10-8-16)26(15(2)27)24-25-17(14-33-24)13-32-23(28)19-11-12-20(29-3)22(31-5)21(19)30-4/h7-12,14H,6,13H2,1-5H3. The summed E-state index contributed by atoms with van der Waals surface area (Å²) in [5, 5.41) is 2.26. The van der Waals surface area contributed by atoms with Crippen molar-refractivity contribution in [3.05, 3.63) is 58.6 Å². The molecule has 33 heavy (non-hydrogen) atoms. The third-order valence-electron chi connectivity index (χ3n) is 4.92. The highest BCUT2D eigenvalue weighted by Gasteiger charge is 2.23. The minimum absolute atomic E-state index is 0.0622. The number of benzene rings is 2. The topological polar surface area (TPSA) is 87.2 Å². The Labute approximate surface area is 196 Å². The molecule has 9 heteroatoms. The highest BCUT2D eigenvalue weighted by molar-refractivity contribution is 7.14. The predicted molar refractivity (Wildman–Crippen MR) is 126 cm³/mol. The molecule has 0 N–H and O–H groups in total. The van der Waals surface area contributed by atoms with Crippen LogP contribution in [0.1, 0.15) is 35.5 Å². The third-order valence-corrected chi connectivity index (χ3v) is 5.80. The maximum absolute atomic E-state index is 12.7. The molecule has 2 aromatic carbocycles. The van der Waals surface area contributed by atoms with Crippen molar-refractivity contribution in [2.75, 3.05) is 26.2 Å². The monoisotopic (exact) mass is 470 g/mol. The number of amides is 1. The summed E-state index contributed by atoms with van der Waals surface area (Å²) in [7, 11) is 4.39. The summed E-state index contributed by atoms with van der Waals surface area (Å²) in [6, 6.07) is 10.9. The molecule has 3 rings (SSSR count). The van der Waals surface area contributed by atoms with Gasteiger partial charge in [0.05, 0.1) is 32.7 Å². The summed E-state index contributed by atoms with van der Waals surface area (Å²) in [6.45, 7) is 3.50. The maximum atomic E-state index is 12.7. The van der Waals surface area contributed by atoms with E-state index in [1.807, 2.05) is 24.3 Å². The summed E-state index contributed by atoms with van der Waals surface area (Å²) in [5.74, 6) is 0.204. The Morgan fingerprint density at radius 1 is 0.970 bits per heavy atom. The van der Waals surface area contributed by atoms with Crippen LogP contribution < -0.4 is 19.1 Å². The number of aryl methyl sites for hydroxylation is 1. The van der Waals surface area contributed by atoms with Crippen LogP contribution in [0.2, 0.25) is 0 Å². The summed E-state index contributed by atoms with van der Waals surface area (Å²) >= 11 is 1.30. The second-order valence-electron chi connectivity index (χ2n) is 6.95. The first kappa shape index (κ1) is 24.1. The number of nitrogens with zero attached hydrogens (tertiary/aromatic N) is 2. The third kappa shape index (κ3) is 5.25. The molecule has 0 aliphatic carbocycles. The SMILES string of the molecule is CCc1ccc(N(C(C)=O)c2nc(COC(=O)c3ccc(OC)c(OC)c3OC)cs2)cc1. The highest BCUT2D eigenvalue weighted by Crippen LogP contribution is 2.40. The van der Waals surface area contributed by atoms with Gasteiger partial charge in [0.15, 0.2) is 16.6 Å². The number of carbonyl (C=O) groups is 2. The zero-order valence-corrected chi connectivity index (χ0v) is 20.0. The maximum Gasteiger partial charge on any atom is 0.342 e. The van der Waals surface area contributed by atoms with Crippen LogP contribution in [-0.2, 0) is 22.6 Å². The van der Waals surface area contributed by atoms with Crippen LogP contribution in [-0.4, -0.2) is 38.2 Å². The van der Waals surface area contributed by atoms with E-state index in [0.717, 1.165) is 12.1 Å². The predicted octanol–water partition coefficient (Wildman–Crippen LogP) is 4.77. The Balaban J connectivity index is 1.76. The van der Waals surface area contributed by atoms with Crippen LogP contribution in [0.5, 0.6) is 17.2 Å². The quantitative estimate of drug-likeness (QED) is 0.416. The lowest BCUT2D eigenvalue weighted by Gasteiger charge is -2.18. The molecule has 1 aromatic heterocycles. The molecule has 0 spiro atoms. The molecule has 0 radical (unpaired) electrons. The molecule has 0 atom stereocenters. The Hall–Kier alpha value is -3.59. The fourth-order valence-corrected chi connectivity index (χ4v) is 4.12. The summed E-state index contributed by atoms with van der Waals surface area (Å²) in [5.41, 5.74) is 2.64. The van der Waals surface area contributed by atoms with Gasteiger partial charge in [-0.1, -0.05) is 19.1 Å². The van der Waals surface area contributed by atoms with E-state index in [1.165, 1.54) is 50.1 Å². The van der Waals surface area contributed by atoms with Gasteiger partial charge < -0.3 is 18.9 Å². The molecule has 0 aliphatic rings. The Kier molecular flexibility index (Phi) is 7.89. The van der Waals surface area contributed by atoms with E-state index in [-0.39, 0.29) is 23.8 Å². The molecule has 0 saturated heterocycles. The second-order valence-corrected chi connectivity index (χ2v) is 7.79. The molecular formula is C24H26N2O6S. The van der Waals surface area contributed by atoms with Crippen molar-refractivity contribution in [1.29, 1.82) is 0 Å². The molecule has 1 heterocycles. The van der Waals surface area contributed by atoms with Gasteiger partial charge in [-0.3, -0.25) is 9.69 Å². The van der Waals surface area contributed by atoms with Gasteiger partial charge in [0.2, 0.25) is 11.7 Å². The number of rotatable bonds is 9. The van der Waals surface area contributed by atoms with E-state index < -0.39 is 5.97 Å². The van der Waals surface area contributed by atoms with Crippen LogP contribution in [0.4, 0.5) is 10.8 Å². The smallest absolute Gasteiger partial charge is 0.342 e. The fourth-order valence-electron chi connectivity index (χ4n) is 3.25. The molecule has 0 fully saturated rings. The average Bonchev–Trinajstić information content (AvgIpc) is 3.29. The van der Waals surface area contributed by atoms with Gasteiger partial charge in [-0.25, -0.2) is 9.78 Å². The van der Waals surface area contributed by atoms with Crippen molar-refractivity contribution < 1.29 is 28.5 Å². The first-order valence-electron chi connectivity index (χ1n) is 10.2. The lowest BCUT2D eigenvalue weighted by molar-refractivity contribution is -0.115. The number of aromatic nitrogens is 1. The van der Waals surface area contributed by atoms with Gasteiger partial charge in [0.1, 0.15) is 12.2 Å². The first-order valence-corrected chi connectivity index (χ1v) is 11.1. The number of hydrogen-bond donors (Lipinski definition) is 0. The lowest BCUT2D eigenvalue weighted by Crippen LogP contribution is -2.22. The van der Waals surface area contributed by atoms with Crippen LogP contribution in [0.15, 0.2) is 41.8 Å². The average molecular weight is 471 g/mol.